The van der Waals surface area contributed by atoms with Crippen molar-refractivity contribution in [1.29, 1.82) is 0 Å². The number of ether oxygens (including phenoxy) is 2. The lowest BCUT2D eigenvalue weighted by atomic mass is 10.0. The molecule has 1 atom stereocenters. The zero-order valence-corrected chi connectivity index (χ0v) is 16.0. The van der Waals surface area contributed by atoms with Gasteiger partial charge in [-0.2, -0.15) is 0 Å². The van der Waals surface area contributed by atoms with Gasteiger partial charge in [0.05, 0.1) is 7.11 Å². The van der Waals surface area contributed by atoms with E-state index in [1.165, 1.54) is 19.2 Å². The first-order valence-electron chi connectivity index (χ1n) is 8.70. The number of carbonyl (C=O) groups excluding carboxylic acids is 2. The van der Waals surface area contributed by atoms with Crippen LogP contribution in [0.25, 0.3) is 0 Å². The number of alkyl halides is 3. The Morgan fingerprint density at radius 2 is 1.48 bits per heavy atom. The van der Waals surface area contributed by atoms with Gasteiger partial charge in [0.2, 0.25) is 5.91 Å². The van der Waals surface area contributed by atoms with Gasteiger partial charge in [-0.3, -0.25) is 9.59 Å². The maximum atomic E-state index is 12.6. The van der Waals surface area contributed by atoms with Crippen LogP contribution in [-0.2, 0) is 4.79 Å². The van der Waals surface area contributed by atoms with Gasteiger partial charge in [0.1, 0.15) is 17.5 Å². The van der Waals surface area contributed by atoms with E-state index in [0.29, 0.717) is 11.3 Å². The Balaban J connectivity index is 2.04. The minimum atomic E-state index is -4.79. The summed E-state index contributed by atoms with van der Waals surface area (Å²) in [6, 6.07) is 10.3. The molecule has 29 heavy (non-hydrogen) atoms. The maximum absolute atomic E-state index is 12.6. The van der Waals surface area contributed by atoms with E-state index in [2.05, 4.69) is 15.4 Å². The van der Waals surface area contributed by atoms with Gasteiger partial charge in [0.25, 0.3) is 5.91 Å². The van der Waals surface area contributed by atoms with Gasteiger partial charge in [0.15, 0.2) is 0 Å². The van der Waals surface area contributed by atoms with E-state index in [1.54, 1.807) is 38.1 Å². The standard InChI is InChI=1S/C20H21F3N2O4/c1-12(2)17(25-18(26)13-4-8-15(28-3)9-5-13)19(27)24-14-6-10-16(11-7-14)29-20(21,22)23/h4-12,17H,1-3H3,(H,24,27)(H,25,26)/t17-/m0/s1. The van der Waals surface area contributed by atoms with Gasteiger partial charge >= 0.3 is 6.36 Å². The van der Waals surface area contributed by atoms with E-state index < -0.39 is 30.0 Å². The molecule has 2 aromatic carbocycles. The molecule has 0 spiro atoms. The Hall–Kier alpha value is -3.23. The summed E-state index contributed by atoms with van der Waals surface area (Å²) in [5.74, 6) is -0.965. The van der Waals surface area contributed by atoms with E-state index in [-0.39, 0.29) is 11.6 Å². The molecule has 0 fully saturated rings. The summed E-state index contributed by atoms with van der Waals surface area (Å²) in [7, 11) is 1.51. The van der Waals surface area contributed by atoms with E-state index in [9.17, 15) is 22.8 Å². The van der Waals surface area contributed by atoms with Crippen molar-refractivity contribution in [2.24, 2.45) is 5.92 Å². The molecule has 0 aliphatic heterocycles. The van der Waals surface area contributed by atoms with E-state index in [0.717, 1.165) is 12.1 Å². The molecule has 2 N–H and O–H groups in total. The molecule has 0 unspecified atom stereocenters. The van der Waals surface area contributed by atoms with Crippen molar-refractivity contribution in [3.8, 4) is 11.5 Å². The molecule has 6 nitrogen and oxygen atoms in total. The van der Waals surface area contributed by atoms with E-state index >= 15 is 0 Å². The molecule has 0 bridgehead atoms. The third-order valence-electron chi connectivity index (χ3n) is 3.94. The molecular weight excluding hydrogens is 389 g/mol. The smallest absolute Gasteiger partial charge is 0.497 e. The molecule has 9 heteroatoms. The highest BCUT2D eigenvalue weighted by molar-refractivity contribution is 6.01. The zero-order chi connectivity index (χ0) is 21.6. The fourth-order valence-corrected chi connectivity index (χ4v) is 2.46. The minimum absolute atomic E-state index is 0.231. The van der Waals surface area contributed by atoms with Crippen molar-refractivity contribution in [3.63, 3.8) is 0 Å². The van der Waals surface area contributed by atoms with Gasteiger partial charge < -0.3 is 20.1 Å². The van der Waals surface area contributed by atoms with Gasteiger partial charge in [0, 0.05) is 11.3 Å². The average molecular weight is 410 g/mol. The summed E-state index contributed by atoms with van der Waals surface area (Å²) in [6.07, 6.45) is -4.79. The highest BCUT2D eigenvalue weighted by Crippen LogP contribution is 2.24. The topological polar surface area (TPSA) is 76.7 Å². The van der Waals surface area contributed by atoms with Crippen LogP contribution in [-0.4, -0.2) is 31.3 Å². The quantitative estimate of drug-likeness (QED) is 0.724. The molecule has 2 rings (SSSR count). The number of amides is 2. The van der Waals surface area contributed by atoms with E-state index in [1.807, 2.05) is 0 Å². The predicted molar refractivity (Wildman–Crippen MR) is 101 cm³/mol. The fourth-order valence-electron chi connectivity index (χ4n) is 2.46. The summed E-state index contributed by atoms with van der Waals surface area (Å²) in [5, 5.41) is 5.25. The second kappa shape index (κ2) is 9.31. The number of benzene rings is 2. The number of carbonyl (C=O) groups is 2. The molecule has 2 aromatic rings. The van der Waals surface area contributed by atoms with Crippen LogP contribution in [0.4, 0.5) is 18.9 Å². The lowest BCUT2D eigenvalue weighted by Gasteiger charge is -2.22. The lowest BCUT2D eigenvalue weighted by Crippen LogP contribution is -2.47. The molecule has 0 saturated carbocycles. The molecule has 0 aliphatic rings. The molecule has 0 saturated heterocycles. The third kappa shape index (κ3) is 6.70. The van der Waals surface area contributed by atoms with Crippen molar-refractivity contribution in [1.82, 2.24) is 5.32 Å². The van der Waals surface area contributed by atoms with Gasteiger partial charge in [-0.1, -0.05) is 13.8 Å². The maximum Gasteiger partial charge on any atom is 0.573 e. The van der Waals surface area contributed by atoms with Crippen molar-refractivity contribution in [2.75, 3.05) is 12.4 Å². The van der Waals surface area contributed by atoms with Gasteiger partial charge in [-0.25, -0.2) is 0 Å². The first-order valence-corrected chi connectivity index (χ1v) is 8.70. The first kappa shape index (κ1) is 22.1. The molecule has 0 radical (unpaired) electrons. The van der Waals surface area contributed by atoms with Crippen LogP contribution >= 0.6 is 0 Å². The molecule has 0 aliphatic carbocycles. The van der Waals surface area contributed by atoms with Crippen LogP contribution in [0.5, 0.6) is 11.5 Å². The molecule has 156 valence electrons. The number of halogens is 3. The Labute approximate surface area is 166 Å². The number of rotatable bonds is 7. The molecule has 0 heterocycles. The zero-order valence-electron chi connectivity index (χ0n) is 16.0. The number of hydrogen-bond donors (Lipinski definition) is 2. The molecule has 0 aromatic heterocycles. The first-order chi connectivity index (χ1) is 13.6. The lowest BCUT2D eigenvalue weighted by molar-refractivity contribution is -0.274. The summed E-state index contributed by atoms with van der Waals surface area (Å²) in [4.78, 5) is 25.0. The van der Waals surface area contributed by atoms with Crippen LogP contribution < -0.4 is 20.1 Å². The SMILES string of the molecule is COc1ccc(C(=O)N[C@H](C(=O)Nc2ccc(OC(F)(F)F)cc2)C(C)C)cc1. The summed E-state index contributed by atoms with van der Waals surface area (Å²) >= 11 is 0. The number of methoxy groups -OCH3 is 1. The van der Waals surface area contributed by atoms with Crippen molar-refractivity contribution in [2.45, 2.75) is 26.3 Å². The summed E-state index contributed by atoms with van der Waals surface area (Å²) < 4.78 is 45.5. The largest absolute Gasteiger partial charge is 0.573 e. The highest BCUT2D eigenvalue weighted by atomic mass is 19.4. The van der Waals surface area contributed by atoms with Crippen LogP contribution in [0.15, 0.2) is 48.5 Å². The van der Waals surface area contributed by atoms with Gasteiger partial charge in [-0.15, -0.1) is 13.2 Å². The number of hydrogen-bond acceptors (Lipinski definition) is 4. The van der Waals surface area contributed by atoms with Crippen LogP contribution in [0.3, 0.4) is 0 Å². The monoisotopic (exact) mass is 410 g/mol. The van der Waals surface area contributed by atoms with Crippen LogP contribution in [0, 0.1) is 5.92 Å². The second-order valence-corrected chi connectivity index (χ2v) is 6.49. The summed E-state index contributed by atoms with van der Waals surface area (Å²) in [5.41, 5.74) is 0.631. The Morgan fingerprint density at radius 3 is 1.97 bits per heavy atom. The normalized spacial score (nSPS) is 12.2. The Morgan fingerprint density at radius 1 is 0.931 bits per heavy atom. The molecular formula is C20H21F3N2O4. The highest BCUT2D eigenvalue weighted by Gasteiger charge is 2.31. The minimum Gasteiger partial charge on any atom is -0.497 e. The van der Waals surface area contributed by atoms with Crippen LogP contribution in [0.1, 0.15) is 24.2 Å². The van der Waals surface area contributed by atoms with Crippen molar-refractivity contribution in [3.05, 3.63) is 54.1 Å². The van der Waals surface area contributed by atoms with Crippen molar-refractivity contribution < 1.29 is 32.2 Å². The van der Waals surface area contributed by atoms with E-state index in [4.69, 9.17) is 4.74 Å². The number of anilines is 1. The van der Waals surface area contributed by atoms with Crippen molar-refractivity contribution >= 4 is 17.5 Å². The predicted octanol–water partition coefficient (Wildman–Crippen LogP) is 3.99. The third-order valence-corrected chi connectivity index (χ3v) is 3.94. The molecule has 2 amide bonds. The summed E-state index contributed by atoms with van der Waals surface area (Å²) in [6.45, 7) is 3.53. The van der Waals surface area contributed by atoms with Gasteiger partial charge in [-0.05, 0) is 54.4 Å². The Bertz CT molecular complexity index is 834. The second-order valence-electron chi connectivity index (χ2n) is 6.49. The fraction of sp³-hybridized carbons (Fsp3) is 0.300. The number of nitrogens with one attached hydrogen (secondary N) is 2. The Kier molecular flexibility index (Phi) is 7.08. The van der Waals surface area contributed by atoms with Crippen LogP contribution in [0.2, 0.25) is 0 Å². The average Bonchev–Trinajstić information content (AvgIpc) is 2.66.